The van der Waals surface area contributed by atoms with Crippen LogP contribution in [0.15, 0.2) is 4.79 Å². The van der Waals surface area contributed by atoms with E-state index in [0.717, 1.165) is 11.3 Å². The predicted molar refractivity (Wildman–Crippen MR) is 90.6 cm³/mol. The minimum absolute atomic E-state index is 0.101. The van der Waals surface area contributed by atoms with E-state index in [4.69, 9.17) is 0 Å². The maximum Gasteiger partial charge on any atom is 0.311 e. The Morgan fingerprint density at radius 1 is 1.46 bits per heavy atom. The average Bonchev–Trinajstić information content (AvgIpc) is 3.07. The molecule has 1 amide bonds. The third kappa shape index (κ3) is 2.71. The van der Waals surface area contributed by atoms with Crippen molar-refractivity contribution >= 4 is 33.4 Å². The first-order valence-electron chi connectivity index (χ1n) is 7.96. The fourth-order valence-corrected chi connectivity index (χ4v) is 4.41. The number of carbonyl (C=O) groups excluding carboxylic acids is 1. The monoisotopic (exact) mass is 349 g/mol. The Morgan fingerprint density at radius 2 is 2.21 bits per heavy atom. The van der Waals surface area contributed by atoms with E-state index in [1.165, 1.54) is 15.9 Å². The molecule has 0 saturated heterocycles. The van der Waals surface area contributed by atoms with Gasteiger partial charge in [-0.1, -0.05) is 6.92 Å². The molecule has 2 N–H and O–H groups in total. The molecule has 128 valence electrons. The summed E-state index contributed by atoms with van der Waals surface area (Å²) in [6.07, 6.45) is 1.98. The molecule has 7 nitrogen and oxygen atoms in total. The van der Waals surface area contributed by atoms with Gasteiger partial charge in [0.2, 0.25) is 5.91 Å². The number of hydrogen-bond donors (Lipinski definition) is 2. The second-order valence-electron chi connectivity index (χ2n) is 5.95. The molecule has 2 heterocycles. The fourth-order valence-electron chi connectivity index (χ4n) is 3.12. The van der Waals surface area contributed by atoms with Gasteiger partial charge in [0, 0.05) is 11.4 Å². The Balaban J connectivity index is 2.09. The molecule has 0 saturated carbocycles. The highest BCUT2D eigenvalue weighted by Crippen LogP contribution is 2.42. The van der Waals surface area contributed by atoms with Crippen molar-refractivity contribution in [3.8, 4) is 0 Å². The van der Waals surface area contributed by atoms with Gasteiger partial charge in [-0.05, 0) is 31.7 Å². The molecule has 0 spiro atoms. The van der Waals surface area contributed by atoms with Gasteiger partial charge in [0.15, 0.2) is 0 Å². The summed E-state index contributed by atoms with van der Waals surface area (Å²) >= 11 is 1.39. The maximum atomic E-state index is 12.9. The summed E-state index contributed by atoms with van der Waals surface area (Å²) in [5, 5.41) is 12.5. The number of nitrogens with one attached hydrogen (secondary N) is 1. The second-order valence-corrected chi connectivity index (χ2v) is 7.03. The van der Waals surface area contributed by atoms with Crippen LogP contribution in [-0.2, 0) is 22.6 Å². The fraction of sp³-hybridized carbons (Fsp3) is 0.500. The summed E-state index contributed by atoms with van der Waals surface area (Å²) in [5.41, 5.74) is 0.275. The summed E-state index contributed by atoms with van der Waals surface area (Å²) in [6.45, 7) is 4.09. The number of carboxylic acid groups (broad SMARTS) is 1. The van der Waals surface area contributed by atoms with Crippen LogP contribution in [0.3, 0.4) is 0 Å². The standard InChI is InChI=1S/C16H19N3O4S/c1-3-6-17-11(20)7-19-8(2)18-14-13(15(19)21)12-9(16(22)23)4-5-10(12)24-14/h9H,3-7H2,1-2H3,(H,17,20)(H,22,23). The van der Waals surface area contributed by atoms with E-state index in [-0.39, 0.29) is 18.0 Å². The van der Waals surface area contributed by atoms with Gasteiger partial charge in [0.25, 0.3) is 5.56 Å². The first-order chi connectivity index (χ1) is 11.4. The smallest absolute Gasteiger partial charge is 0.311 e. The third-order valence-corrected chi connectivity index (χ3v) is 5.46. The molecule has 0 bridgehead atoms. The molecule has 8 heteroatoms. The average molecular weight is 349 g/mol. The number of aryl methyl sites for hydroxylation is 2. The number of fused-ring (bicyclic) bond motifs is 3. The molecule has 3 rings (SSSR count). The first-order valence-corrected chi connectivity index (χ1v) is 8.77. The quantitative estimate of drug-likeness (QED) is 0.850. The number of carbonyl (C=O) groups is 2. The van der Waals surface area contributed by atoms with Crippen molar-refractivity contribution in [1.29, 1.82) is 0 Å². The zero-order chi connectivity index (χ0) is 17.4. The zero-order valence-electron chi connectivity index (χ0n) is 13.6. The van der Waals surface area contributed by atoms with E-state index in [2.05, 4.69) is 10.3 Å². The van der Waals surface area contributed by atoms with E-state index in [1.54, 1.807) is 6.92 Å². The number of nitrogens with zero attached hydrogens (tertiary/aromatic N) is 2. The zero-order valence-corrected chi connectivity index (χ0v) is 14.4. The topological polar surface area (TPSA) is 101 Å². The van der Waals surface area contributed by atoms with Crippen molar-refractivity contribution in [3.63, 3.8) is 0 Å². The highest BCUT2D eigenvalue weighted by molar-refractivity contribution is 7.18. The molecule has 1 aliphatic rings. The number of hydrogen-bond acceptors (Lipinski definition) is 5. The SMILES string of the molecule is CCCNC(=O)Cn1c(C)nc2sc3c(c2c1=O)C(C(=O)O)CC3. The number of aromatic nitrogens is 2. The highest BCUT2D eigenvalue weighted by Gasteiger charge is 2.34. The molecule has 24 heavy (non-hydrogen) atoms. The molecular weight excluding hydrogens is 330 g/mol. The second kappa shape index (κ2) is 6.35. The Bertz CT molecular complexity index is 884. The van der Waals surface area contributed by atoms with E-state index in [9.17, 15) is 19.5 Å². The largest absolute Gasteiger partial charge is 0.481 e. The lowest BCUT2D eigenvalue weighted by atomic mass is 10.0. The van der Waals surface area contributed by atoms with E-state index < -0.39 is 11.9 Å². The Kier molecular flexibility index (Phi) is 4.40. The highest BCUT2D eigenvalue weighted by atomic mass is 32.1. The summed E-state index contributed by atoms with van der Waals surface area (Å²) in [7, 11) is 0. The number of thiophene rings is 1. The molecule has 2 aromatic heterocycles. The van der Waals surface area contributed by atoms with Crippen LogP contribution in [0.25, 0.3) is 10.2 Å². The lowest BCUT2D eigenvalue weighted by Gasteiger charge is -2.11. The van der Waals surface area contributed by atoms with Crippen LogP contribution in [0.4, 0.5) is 0 Å². The van der Waals surface area contributed by atoms with Gasteiger partial charge >= 0.3 is 5.97 Å². The van der Waals surface area contributed by atoms with Crippen LogP contribution in [0.5, 0.6) is 0 Å². The molecule has 0 aliphatic heterocycles. The van der Waals surface area contributed by atoms with Crippen LogP contribution < -0.4 is 10.9 Å². The van der Waals surface area contributed by atoms with Gasteiger partial charge in [0.1, 0.15) is 17.2 Å². The van der Waals surface area contributed by atoms with Crippen LogP contribution in [0, 0.1) is 6.92 Å². The lowest BCUT2D eigenvalue weighted by Crippen LogP contribution is -2.34. The Labute approximate surface area is 142 Å². The van der Waals surface area contributed by atoms with Crippen molar-refractivity contribution in [3.05, 3.63) is 26.6 Å². The lowest BCUT2D eigenvalue weighted by molar-refractivity contribution is -0.138. The maximum absolute atomic E-state index is 12.9. The van der Waals surface area contributed by atoms with E-state index in [1.807, 2.05) is 6.92 Å². The van der Waals surface area contributed by atoms with Crippen LogP contribution in [0.1, 0.15) is 41.9 Å². The molecular formula is C16H19N3O4S. The van der Waals surface area contributed by atoms with Gasteiger partial charge < -0.3 is 10.4 Å². The number of carboxylic acids is 1. The molecule has 1 aliphatic carbocycles. The Hall–Kier alpha value is -2.22. The normalized spacial score (nSPS) is 16.3. The van der Waals surface area contributed by atoms with Crippen molar-refractivity contribution in [2.45, 2.75) is 45.6 Å². The van der Waals surface area contributed by atoms with Crippen LogP contribution in [0.2, 0.25) is 0 Å². The van der Waals surface area contributed by atoms with Gasteiger partial charge in [-0.25, -0.2) is 4.98 Å². The molecule has 1 unspecified atom stereocenters. The minimum atomic E-state index is -0.916. The van der Waals surface area contributed by atoms with Crippen molar-refractivity contribution in [2.24, 2.45) is 0 Å². The summed E-state index contributed by atoms with van der Waals surface area (Å²) < 4.78 is 1.33. The summed E-state index contributed by atoms with van der Waals surface area (Å²) in [5.74, 6) is -1.36. The van der Waals surface area contributed by atoms with Crippen molar-refractivity contribution < 1.29 is 14.7 Å². The van der Waals surface area contributed by atoms with Crippen molar-refractivity contribution in [1.82, 2.24) is 14.9 Å². The summed E-state index contributed by atoms with van der Waals surface area (Å²) in [4.78, 5) is 42.3. The predicted octanol–water partition coefficient (Wildman–Crippen LogP) is 1.41. The number of amides is 1. The Morgan fingerprint density at radius 3 is 2.88 bits per heavy atom. The van der Waals surface area contributed by atoms with Crippen LogP contribution >= 0.6 is 11.3 Å². The third-order valence-electron chi connectivity index (χ3n) is 4.30. The number of aliphatic carboxylic acids is 1. The molecule has 2 aromatic rings. The van der Waals surface area contributed by atoms with Crippen LogP contribution in [-0.4, -0.2) is 33.1 Å². The van der Waals surface area contributed by atoms with Gasteiger partial charge in [-0.2, -0.15) is 0 Å². The van der Waals surface area contributed by atoms with Crippen molar-refractivity contribution in [2.75, 3.05) is 6.54 Å². The van der Waals surface area contributed by atoms with Gasteiger partial charge in [-0.15, -0.1) is 11.3 Å². The molecule has 0 aromatic carbocycles. The molecule has 1 atom stereocenters. The summed E-state index contributed by atoms with van der Waals surface area (Å²) in [6, 6.07) is 0. The molecule has 0 radical (unpaired) electrons. The van der Waals surface area contributed by atoms with E-state index >= 15 is 0 Å². The first kappa shape index (κ1) is 16.6. The minimum Gasteiger partial charge on any atom is -0.481 e. The van der Waals surface area contributed by atoms with Gasteiger partial charge in [-0.3, -0.25) is 19.0 Å². The molecule has 0 fully saturated rings. The number of rotatable bonds is 5. The van der Waals surface area contributed by atoms with E-state index in [0.29, 0.717) is 41.0 Å². The van der Waals surface area contributed by atoms with Gasteiger partial charge in [0.05, 0.1) is 11.3 Å².